The van der Waals surface area contributed by atoms with Crippen LogP contribution in [0.25, 0.3) is 0 Å². The molecule has 0 heterocycles. The molecule has 0 radical (unpaired) electrons. The molecule has 0 aliphatic carbocycles. The minimum absolute atomic E-state index is 0.0731. The summed E-state index contributed by atoms with van der Waals surface area (Å²) in [6, 6.07) is 0. The number of rotatable bonds is 6. The molecule has 0 aliphatic rings. The van der Waals surface area contributed by atoms with E-state index in [1.165, 1.54) is 4.90 Å². The molecule has 1 N–H and O–H groups in total. The average Bonchev–Trinajstić information content (AvgIpc) is 2.15. The number of carbonyl (C=O) groups is 2. The van der Waals surface area contributed by atoms with Crippen LogP contribution in [0.3, 0.4) is 0 Å². The largest absolute Gasteiger partial charge is 0.355 e. The number of hydrogen-bond acceptors (Lipinski definition) is 2. The molecule has 0 rings (SSSR count). The summed E-state index contributed by atoms with van der Waals surface area (Å²) in [5.74, 6) is 0.0928. The maximum absolute atomic E-state index is 11.3. The second-order valence-corrected chi connectivity index (χ2v) is 4.18. The van der Waals surface area contributed by atoms with Gasteiger partial charge in [0.05, 0.1) is 6.54 Å². The third-order valence-corrected chi connectivity index (χ3v) is 2.19. The first-order chi connectivity index (χ1) is 6.97. The molecule has 0 fully saturated rings. The van der Waals surface area contributed by atoms with Gasteiger partial charge in [-0.2, -0.15) is 0 Å². The minimum atomic E-state index is -0.240. The van der Waals surface area contributed by atoms with Crippen molar-refractivity contribution in [3.63, 3.8) is 0 Å². The maximum Gasteiger partial charge on any atom is 0.239 e. The molecular weight excluding hydrogens is 216 g/mol. The highest BCUT2D eigenvalue weighted by molar-refractivity contribution is 6.27. The van der Waals surface area contributed by atoms with Gasteiger partial charge in [0, 0.05) is 13.6 Å². The zero-order chi connectivity index (χ0) is 11.8. The number of hydrogen-bond donors (Lipinski definition) is 1. The maximum atomic E-state index is 11.3. The molecule has 15 heavy (non-hydrogen) atoms. The van der Waals surface area contributed by atoms with Gasteiger partial charge in [0.2, 0.25) is 11.8 Å². The van der Waals surface area contributed by atoms with Crippen LogP contribution in [-0.4, -0.2) is 42.7 Å². The van der Waals surface area contributed by atoms with E-state index in [-0.39, 0.29) is 24.2 Å². The fraction of sp³-hybridized carbons (Fsp3) is 0.800. The van der Waals surface area contributed by atoms with E-state index in [1.807, 2.05) is 0 Å². The molecule has 0 spiro atoms. The number of nitrogens with zero attached hydrogens (tertiary/aromatic N) is 1. The average molecular weight is 235 g/mol. The van der Waals surface area contributed by atoms with Gasteiger partial charge in [0.1, 0.15) is 5.88 Å². The van der Waals surface area contributed by atoms with Gasteiger partial charge < -0.3 is 10.2 Å². The van der Waals surface area contributed by atoms with Gasteiger partial charge in [0.15, 0.2) is 0 Å². The van der Waals surface area contributed by atoms with Crippen LogP contribution >= 0.6 is 11.6 Å². The Morgan fingerprint density at radius 1 is 1.40 bits per heavy atom. The molecule has 0 aromatic rings. The number of likely N-dealkylation sites (N-methyl/N-ethyl adjacent to an activating group) is 1. The zero-order valence-electron chi connectivity index (χ0n) is 9.55. The molecule has 0 aromatic carbocycles. The van der Waals surface area contributed by atoms with Gasteiger partial charge in [-0.15, -0.1) is 11.6 Å². The molecule has 88 valence electrons. The Kier molecular flexibility index (Phi) is 7.13. The van der Waals surface area contributed by atoms with E-state index in [0.717, 1.165) is 6.42 Å². The van der Waals surface area contributed by atoms with Crippen molar-refractivity contribution >= 4 is 23.4 Å². The van der Waals surface area contributed by atoms with Crippen molar-refractivity contribution in [3.05, 3.63) is 0 Å². The Hall–Kier alpha value is -0.770. The lowest BCUT2D eigenvalue weighted by atomic mass is 10.1. The minimum Gasteiger partial charge on any atom is -0.355 e. The lowest BCUT2D eigenvalue weighted by molar-refractivity contribution is -0.132. The van der Waals surface area contributed by atoms with E-state index in [2.05, 4.69) is 19.2 Å². The first-order valence-corrected chi connectivity index (χ1v) is 5.57. The Labute approximate surface area is 96.0 Å². The van der Waals surface area contributed by atoms with Crippen molar-refractivity contribution in [1.82, 2.24) is 10.2 Å². The second-order valence-electron chi connectivity index (χ2n) is 3.92. The van der Waals surface area contributed by atoms with Crippen LogP contribution in [0.5, 0.6) is 0 Å². The van der Waals surface area contributed by atoms with Crippen molar-refractivity contribution in [2.24, 2.45) is 5.92 Å². The lowest BCUT2D eigenvalue weighted by Crippen LogP contribution is -2.39. The summed E-state index contributed by atoms with van der Waals surface area (Å²) in [6.45, 7) is 4.91. The Morgan fingerprint density at radius 3 is 2.47 bits per heavy atom. The van der Waals surface area contributed by atoms with Crippen molar-refractivity contribution < 1.29 is 9.59 Å². The van der Waals surface area contributed by atoms with Crippen molar-refractivity contribution in [2.45, 2.75) is 20.3 Å². The van der Waals surface area contributed by atoms with E-state index in [9.17, 15) is 9.59 Å². The summed E-state index contributed by atoms with van der Waals surface area (Å²) in [7, 11) is 1.56. The normalized spacial score (nSPS) is 10.2. The van der Waals surface area contributed by atoms with Gasteiger partial charge in [-0.05, 0) is 12.3 Å². The molecule has 0 saturated carbocycles. The number of nitrogens with one attached hydrogen (secondary N) is 1. The first-order valence-electron chi connectivity index (χ1n) is 5.04. The highest BCUT2D eigenvalue weighted by Gasteiger charge is 2.10. The summed E-state index contributed by atoms with van der Waals surface area (Å²) in [6.07, 6.45) is 0.943. The quantitative estimate of drug-likeness (QED) is 0.693. The molecule has 0 aliphatic heterocycles. The Morgan fingerprint density at radius 2 is 2.00 bits per heavy atom. The van der Waals surface area contributed by atoms with Crippen LogP contribution in [0.2, 0.25) is 0 Å². The van der Waals surface area contributed by atoms with E-state index in [4.69, 9.17) is 11.6 Å². The van der Waals surface area contributed by atoms with Gasteiger partial charge in [-0.25, -0.2) is 0 Å². The molecule has 0 bridgehead atoms. The number of amides is 2. The monoisotopic (exact) mass is 234 g/mol. The van der Waals surface area contributed by atoms with Crippen molar-refractivity contribution in [1.29, 1.82) is 0 Å². The van der Waals surface area contributed by atoms with Crippen LogP contribution < -0.4 is 5.32 Å². The third kappa shape index (κ3) is 7.19. The molecule has 0 atom stereocenters. The number of alkyl halides is 1. The molecule has 0 aromatic heterocycles. The summed E-state index contributed by atoms with van der Waals surface area (Å²) in [5, 5.41) is 2.75. The van der Waals surface area contributed by atoms with Gasteiger partial charge in [0.25, 0.3) is 0 Å². The highest BCUT2D eigenvalue weighted by Crippen LogP contribution is 1.96. The van der Waals surface area contributed by atoms with Crippen LogP contribution in [0, 0.1) is 5.92 Å². The first kappa shape index (κ1) is 14.2. The van der Waals surface area contributed by atoms with Crippen LogP contribution in [-0.2, 0) is 9.59 Å². The molecule has 4 nitrogen and oxygen atoms in total. The topological polar surface area (TPSA) is 49.4 Å². The smallest absolute Gasteiger partial charge is 0.239 e. The Bertz CT molecular complexity index is 219. The standard InChI is InChI=1S/C10H19ClN2O2/c1-8(2)4-5-12-9(14)7-13(3)10(15)6-11/h8H,4-7H2,1-3H3,(H,12,14). The van der Waals surface area contributed by atoms with Gasteiger partial charge in [-0.1, -0.05) is 13.8 Å². The van der Waals surface area contributed by atoms with E-state index >= 15 is 0 Å². The lowest BCUT2D eigenvalue weighted by Gasteiger charge is -2.15. The third-order valence-electron chi connectivity index (χ3n) is 1.96. The second kappa shape index (κ2) is 7.51. The molecule has 0 unspecified atom stereocenters. The number of halogens is 1. The van der Waals surface area contributed by atoms with Gasteiger partial charge in [-0.3, -0.25) is 9.59 Å². The molecular formula is C10H19ClN2O2. The van der Waals surface area contributed by atoms with Gasteiger partial charge >= 0.3 is 0 Å². The summed E-state index contributed by atoms with van der Waals surface area (Å²) >= 11 is 5.35. The predicted octanol–water partition coefficient (Wildman–Crippen LogP) is 0.846. The van der Waals surface area contributed by atoms with E-state index < -0.39 is 0 Å². The fourth-order valence-electron chi connectivity index (χ4n) is 0.962. The van der Waals surface area contributed by atoms with Crippen LogP contribution in [0.15, 0.2) is 0 Å². The summed E-state index contributed by atoms with van der Waals surface area (Å²) < 4.78 is 0. The molecule has 0 saturated heterocycles. The van der Waals surface area contributed by atoms with Crippen molar-refractivity contribution in [3.8, 4) is 0 Å². The highest BCUT2D eigenvalue weighted by atomic mass is 35.5. The summed E-state index contributed by atoms with van der Waals surface area (Å²) in [5.41, 5.74) is 0. The van der Waals surface area contributed by atoms with Crippen LogP contribution in [0.4, 0.5) is 0 Å². The fourth-order valence-corrected chi connectivity index (χ4v) is 1.17. The molecule has 5 heteroatoms. The van der Waals surface area contributed by atoms with Crippen LogP contribution in [0.1, 0.15) is 20.3 Å². The SMILES string of the molecule is CC(C)CCNC(=O)CN(C)C(=O)CCl. The Balaban J connectivity index is 3.69. The van der Waals surface area contributed by atoms with E-state index in [1.54, 1.807) is 7.05 Å². The van der Waals surface area contributed by atoms with E-state index in [0.29, 0.717) is 12.5 Å². The summed E-state index contributed by atoms with van der Waals surface area (Å²) in [4.78, 5) is 23.7. The predicted molar refractivity (Wildman–Crippen MR) is 60.8 cm³/mol. The zero-order valence-corrected chi connectivity index (χ0v) is 10.3. The number of carbonyl (C=O) groups excluding carboxylic acids is 2. The van der Waals surface area contributed by atoms with Crippen molar-refractivity contribution in [2.75, 3.05) is 26.0 Å². The molecule has 2 amide bonds.